The van der Waals surface area contributed by atoms with Crippen molar-refractivity contribution in [1.82, 2.24) is 45.5 Å². The number of nitrogens with zero attached hydrogens (tertiary/aromatic N) is 7. The summed E-state index contributed by atoms with van der Waals surface area (Å²) in [6.07, 6.45) is 4.49. The molecule has 0 unspecified atom stereocenters. The molecule has 3 fully saturated rings. The molecule has 20 heteroatoms. The van der Waals surface area contributed by atoms with Gasteiger partial charge in [-0.25, -0.2) is 14.4 Å². The van der Waals surface area contributed by atoms with E-state index in [1.807, 2.05) is 128 Å². The molecule has 0 bridgehead atoms. The van der Waals surface area contributed by atoms with Gasteiger partial charge in [0.1, 0.15) is 17.3 Å². The highest BCUT2D eigenvalue weighted by atomic mass is 19.1. The van der Waals surface area contributed by atoms with Gasteiger partial charge >= 0.3 is 0 Å². The van der Waals surface area contributed by atoms with E-state index in [-0.39, 0.29) is 57.1 Å². The lowest BCUT2D eigenvalue weighted by Gasteiger charge is -2.37. The molecule has 3 aliphatic heterocycles. The van der Waals surface area contributed by atoms with Gasteiger partial charge in [0.05, 0.1) is 46.7 Å². The summed E-state index contributed by atoms with van der Waals surface area (Å²) in [5.41, 5.74) is 5.79. The number of anilines is 3. The molecule has 0 aliphatic carbocycles. The average molecular weight is 1120 g/mol. The van der Waals surface area contributed by atoms with E-state index in [2.05, 4.69) is 51.2 Å². The van der Waals surface area contributed by atoms with Gasteiger partial charge in [0.25, 0.3) is 11.8 Å². The van der Waals surface area contributed by atoms with Gasteiger partial charge in [-0.1, -0.05) is 14.9 Å². The third-order valence-corrected chi connectivity index (χ3v) is 14.8. The minimum absolute atomic E-state index is 0. The van der Waals surface area contributed by atoms with Crippen LogP contribution in [0.15, 0.2) is 122 Å². The first-order valence-electron chi connectivity index (χ1n) is 27.0. The molecule has 6 heterocycles. The van der Waals surface area contributed by atoms with Crippen LogP contribution in [0.4, 0.5) is 21.5 Å². The second kappa shape index (κ2) is 26.1. The van der Waals surface area contributed by atoms with E-state index in [1.165, 1.54) is 13.2 Å². The highest BCUT2D eigenvalue weighted by molar-refractivity contribution is 6.03. The molecule has 2 atom stereocenters. The second-order valence-corrected chi connectivity index (χ2v) is 20.8. The average Bonchev–Trinajstić information content (AvgIpc) is 4.40. The van der Waals surface area contributed by atoms with Crippen LogP contribution in [0.25, 0.3) is 55.7 Å². The molecular formula is C62H75FN12O7. The van der Waals surface area contributed by atoms with Crippen molar-refractivity contribution in [3.05, 3.63) is 127 Å². The molecule has 0 spiro atoms. The van der Waals surface area contributed by atoms with Crippen LogP contribution < -0.4 is 30.3 Å². The van der Waals surface area contributed by atoms with Gasteiger partial charge in [0.2, 0.25) is 5.91 Å². The minimum atomic E-state index is -1.10. The SMILES string of the molecule is C.C.CO[C@@]1(C(=O)Nc2ccc3[nH]nc(-c4ccc(OC(C)C)cc4)c3c2)CCN(CC(=O)N2CCN(c3ccc(-c4ncccn4)c(F)c3)CC2)C1.CO[C@@]1(C(=O)Nc2ccc3[nH]nc(-c4ccc(OC(C)C)cc4)c3c2)CCNC1. The molecule has 0 radical (unpaired) electrons. The van der Waals surface area contributed by atoms with E-state index in [1.54, 1.807) is 31.6 Å². The first-order chi connectivity index (χ1) is 38.7. The Kier molecular flexibility index (Phi) is 19.0. The summed E-state index contributed by atoms with van der Waals surface area (Å²) in [6, 6.07) is 33.7. The van der Waals surface area contributed by atoms with Crippen molar-refractivity contribution in [2.75, 3.05) is 88.7 Å². The van der Waals surface area contributed by atoms with Crippen LogP contribution in [0.3, 0.4) is 0 Å². The van der Waals surface area contributed by atoms with Gasteiger partial charge in [0.15, 0.2) is 17.0 Å². The standard InChI is InChI=1S/C38H41FN8O4.C22H26N4O3.2CH4/c1-25(2)51-29-9-5-26(6-10-29)35-31-21-27(7-12-33(31)43-44-35)42-37(49)38(50-3)13-16-45(24-38)23-34(48)47-19-17-46(18-20-47)28-8-11-30(32(39)22-28)36-40-14-4-15-41-36;1-14(2)29-17-7-4-15(5-8-17)20-18-12-16(6-9-19(18)25-26-20)24-21(27)22(28-3)10-11-23-13-22;;/h4-12,14-15,21-22,25H,13,16-20,23-24H2,1-3H3,(H,42,49)(H,43,44);4-9,12,14,23H,10-11,13H2,1-3H3,(H,24,27)(H,25,26);2*1H4/t38-;22-;;/m00../s1. The highest BCUT2D eigenvalue weighted by Crippen LogP contribution is 2.34. The molecule has 8 aromatic rings. The van der Waals surface area contributed by atoms with Crippen LogP contribution in [-0.2, 0) is 23.9 Å². The Balaban J connectivity index is 0.000000242. The van der Waals surface area contributed by atoms with Gasteiger partial charge in [-0.15, -0.1) is 0 Å². The van der Waals surface area contributed by atoms with Gasteiger partial charge in [-0.05, 0) is 156 Å². The molecule has 432 valence electrons. The third kappa shape index (κ3) is 13.2. The third-order valence-electron chi connectivity index (χ3n) is 14.8. The fraction of sp³-hybridized carbons (Fsp3) is 0.371. The summed E-state index contributed by atoms with van der Waals surface area (Å²) < 4.78 is 37.8. The van der Waals surface area contributed by atoms with E-state index in [9.17, 15) is 18.8 Å². The number of likely N-dealkylation sites (tertiary alicyclic amines) is 1. The number of carbonyl (C=O) groups is 3. The molecule has 3 aliphatic rings. The lowest BCUT2D eigenvalue weighted by Crippen LogP contribution is -2.52. The number of amides is 3. The molecule has 11 rings (SSSR count). The van der Waals surface area contributed by atoms with Crippen LogP contribution in [-0.4, -0.2) is 154 Å². The Labute approximate surface area is 478 Å². The number of piperazine rings is 1. The molecule has 3 saturated heterocycles. The number of halogens is 1. The predicted octanol–water partition coefficient (Wildman–Crippen LogP) is 9.60. The number of hydrogen-bond acceptors (Lipinski definition) is 14. The lowest BCUT2D eigenvalue weighted by atomic mass is 10.0. The van der Waals surface area contributed by atoms with Gasteiger partial charge < -0.3 is 44.7 Å². The topological polar surface area (TPSA) is 217 Å². The number of methoxy groups -OCH3 is 2. The zero-order valence-corrected chi connectivity index (χ0v) is 45.8. The maximum atomic E-state index is 14.9. The Hall–Kier alpha value is -8.30. The van der Waals surface area contributed by atoms with Crippen molar-refractivity contribution >= 4 is 56.6 Å². The number of aromatic nitrogens is 6. The predicted molar refractivity (Wildman–Crippen MR) is 320 cm³/mol. The van der Waals surface area contributed by atoms with E-state index < -0.39 is 11.2 Å². The normalized spacial score (nSPS) is 18.0. The van der Waals surface area contributed by atoms with E-state index in [4.69, 9.17) is 18.9 Å². The van der Waals surface area contributed by atoms with Gasteiger partial charge in [0, 0.05) is 111 Å². The summed E-state index contributed by atoms with van der Waals surface area (Å²) in [7, 11) is 3.12. The van der Waals surface area contributed by atoms with E-state index in [0.717, 1.165) is 68.1 Å². The molecule has 82 heavy (non-hydrogen) atoms. The largest absolute Gasteiger partial charge is 0.491 e. The van der Waals surface area contributed by atoms with Crippen LogP contribution >= 0.6 is 0 Å². The van der Waals surface area contributed by atoms with Gasteiger partial charge in [-0.3, -0.25) is 29.5 Å². The van der Waals surface area contributed by atoms with Crippen molar-refractivity contribution in [1.29, 1.82) is 0 Å². The summed E-state index contributed by atoms with van der Waals surface area (Å²) in [5.74, 6) is 1.17. The number of fused-ring (bicyclic) bond motifs is 2. The van der Waals surface area contributed by atoms with Crippen molar-refractivity contribution < 1.29 is 37.7 Å². The number of hydrogen-bond donors (Lipinski definition) is 5. The monoisotopic (exact) mass is 1120 g/mol. The number of ether oxygens (including phenoxy) is 4. The fourth-order valence-corrected chi connectivity index (χ4v) is 10.4. The zero-order chi connectivity index (χ0) is 56.0. The number of benzene rings is 5. The van der Waals surface area contributed by atoms with Crippen LogP contribution in [0.5, 0.6) is 11.5 Å². The first-order valence-corrected chi connectivity index (χ1v) is 27.0. The molecule has 5 aromatic carbocycles. The van der Waals surface area contributed by atoms with Crippen LogP contribution in [0.2, 0.25) is 0 Å². The Morgan fingerprint density at radius 3 is 1.68 bits per heavy atom. The molecule has 0 saturated carbocycles. The van der Waals surface area contributed by atoms with Crippen LogP contribution in [0.1, 0.15) is 55.4 Å². The van der Waals surface area contributed by atoms with Crippen molar-refractivity contribution in [3.8, 4) is 45.4 Å². The number of rotatable bonds is 16. The molecule has 19 nitrogen and oxygen atoms in total. The van der Waals surface area contributed by atoms with E-state index >= 15 is 0 Å². The van der Waals surface area contributed by atoms with E-state index in [0.29, 0.717) is 81.4 Å². The summed E-state index contributed by atoms with van der Waals surface area (Å²) in [4.78, 5) is 54.0. The molecular weight excluding hydrogens is 1040 g/mol. The fourth-order valence-electron chi connectivity index (χ4n) is 10.4. The first kappa shape index (κ1) is 59.8. The number of H-pyrrole nitrogens is 2. The lowest BCUT2D eigenvalue weighted by molar-refractivity contribution is -0.138. The van der Waals surface area contributed by atoms with Crippen LogP contribution in [0, 0.1) is 5.82 Å². The molecule has 3 aromatic heterocycles. The quantitative estimate of drug-likeness (QED) is 0.0609. The maximum Gasteiger partial charge on any atom is 0.258 e. The summed E-state index contributed by atoms with van der Waals surface area (Å²) in [6.45, 7) is 12.5. The van der Waals surface area contributed by atoms with Gasteiger partial charge in [-0.2, -0.15) is 10.2 Å². The minimum Gasteiger partial charge on any atom is -0.491 e. The van der Waals surface area contributed by atoms with Crippen molar-refractivity contribution in [2.45, 2.75) is 78.8 Å². The Bertz CT molecular complexity index is 3450. The number of carbonyl (C=O) groups excluding carboxylic acids is 3. The Morgan fingerprint density at radius 2 is 1.20 bits per heavy atom. The smallest absolute Gasteiger partial charge is 0.258 e. The van der Waals surface area contributed by atoms with Crippen molar-refractivity contribution in [2.24, 2.45) is 0 Å². The highest BCUT2D eigenvalue weighted by Gasteiger charge is 2.46. The summed E-state index contributed by atoms with van der Waals surface area (Å²) >= 11 is 0. The zero-order valence-electron chi connectivity index (χ0n) is 45.8. The molecule has 5 N–H and O–H groups in total. The number of nitrogens with one attached hydrogen (secondary N) is 5. The Morgan fingerprint density at radius 1 is 0.659 bits per heavy atom. The van der Waals surface area contributed by atoms with Crippen molar-refractivity contribution in [3.63, 3.8) is 0 Å². The summed E-state index contributed by atoms with van der Waals surface area (Å²) in [5, 5.41) is 26.2. The molecule has 3 amide bonds. The second-order valence-electron chi connectivity index (χ2n) is 20.8. The number of aromatic amines is 2. The maximum absolute atomic E-state index is 14.9.